The maximum Gasteiger partial charge on any atom is 0.282 e. The van der Waals surface area contributed by atoms with Gasteiger partial charge in [-0.1, -0.05) is 29.5 Å². The number of rotatable bonds is 7. The third-order valence-corrected chi connectivity index (χ3v) is 7.21. The van der Waals surface area contributed by atoms with E-state index in [-0.39, 0.29) is 24.3 Å². The Morgan fingerprint density at radius 3 is 2.78 bits per heavy atom. The van der Waals surface area contributed by atoms with Crippen molar-refractivity contribution in [1.82, 2.24) is 14.5 Å². The Hall–Kier alpha value is -2.69. The maximum absolute atomic E-state index is 13.0. The van der Waals surface area contributed by atoms with Crippen molar-refractivity contribution in [2.45, 2.75) is 31.1 Å². The number of benzene rings is 1. The molecule has 0 bridgehead atoms. The number of hydrogen-bond acceptors (Lipinski definition) is 9. The number of aliphatic hydroxyl groups excluding tert-OH is 1. The van der Waals surface area contributed by atoms with Gasteiger partial charge in [-0.05, 0) is 25.0 Å². The van der Waals surface area contributed by atoms with E-state index in [1.54, 1.807) is 18.7 Å². The summed E-state index contributed by atoms with van der Waals surface area (Å²) in [4.78, 5) is 27.1. The minimum absolute atomic E-state index is 0.111. The van der Waals surface area contributed by atoms with E-state index in [9.17, 15) is 9.90 Å². The van der Waals surface area contributed by atoms with Gasteiger partial charge in [0.1, 0.15) is 18.5 Å². The number of para-hydroxylation sites is 1. The van der Waals surface area contributed by atoms with Gasteiger partial charge in [0.05, 0.1) is 12.1 Å². The van der Waals surface area contributed by atoms with E-state index in [0.717, 1.165) is 43.4 Å². The molecule has 2 aromatic heterocycles. The van der Waals surface area contributed by atoms with E-state index in [4.69, 9.17) is 14.5 Å². The van der Waals surface area contributed by atoms with Gasteiger partial charge in [-0.2, -0.15) is 0 Å². The number of ether oxygens (including phenoxy) is 2. The second-order valence-electron chi connectivity index (χ2n) is 8.28. The van der Waals surface area contributed by atoms with Crippen molar-refractivity contribution in [2.75, 3.05) is 43.2 Å². The minimum atomic E-state index is -0.664. The normalized spacial score (nSPS) is 20.0. The van der Waals surface area contributed by atoms with Crippen molar-refractivity contribution >= 4 is 32.8 Å². The molecular formula is C22H27N5O4S. The van der Waals surface area contributed by atoms with E-state index >= 15 is 0 Å². The van der Waals surface area contributed by atoms with E-state index in [1.807, 2.05) is 35.2 Å². The van der Waals surface area contributed by atoms with Gasteiger partial charge in [-0.25, -0.2) is 9.97 Å². The van der Waals surface area contributed by atoms with Crippen LogP contribution in [0.3, 0.4) is 0 Å². The van der Waals surface area contributed by atoms with Gasteiger partial charge in [0.25, 0.3) is 5.56 Å². The molecule has 10 heteroatoms. The molecule has 170 valence electrons. The Kier molecular flexibility index (Phi) is 5.75. The second kappa shape index (κ2) is 8.68. The number of methoxy groups -OCH3 is 1. The monoisotopic (exact) mass is 457 g/mol. The molecular weight excluding hydrogens is 430 g/mol. The van der Waals surface area contributed by atoms with Crippen LogP contribution in [0, 0.1) is 0 Å². The summed E-state index contributed by atoms with van der Waals surface area (Å²) in [5, 5.41) is 11.6. The van der Waals surface area contributed by atoms with Crippen LogP contribution in [0.15, 0.2) is 35.1 Å². The molecule has 2 fully saturated rings. The Bertz CT molecular complexity index is 1140. The van der Waals surface area contributed by atoms with E-state index in [1.165, 1.54) is 11.3 Å². The summed E-state index contributed by atoms with van der Waals surface area (Å²) in [6.07, 6.45) is 1.30. The number of nitrogens with zero attached hydrogens (tertiary/aromatic N) is 5. The molecule has 0 saturated carbocycles. The first-order valence-electron chi connectivity index (χ1n) is 10.8. The lowest BCUT2D eigenvalue weighted by molar-refractivity contribution is 0.0774. The van der Waals surface area contributed by atoms with Gasteiger partial charge in [0, 0.05) is 33.8 Å². The van der Waals surface area contributed by atoms with Crippen molar-refractivity contribution in [3.05, 3.63) is 40.7 Å². The van der Waals surface area contributed by atoms with Crippen LogP contribution in [0.2, 0.25) is 0 Å². The van der Waals surface area contributed by atoms with Gasteiger partial charge in [-0.3, -0.25) is 9.36 Å². The molecule has 1 aromatic carbocycles. The maximum atomic E-state index is 13.0. The molecule has 9 nitrogen and oxygen atoms in total. The summed E-state index contributed by atoms with van der Waals surface area (Å²) in [5.74, 6) is 1.37. The van der Waals surface area contributed by atoms with Gasteiger partial charge in [0.2, 0.25) is 5.95 Å². The fourth-order valence-corrected chi connectivity index (χ4v) is 5.34. The third-order valence-electron chi connectivity index (χ3n) is 6.22. The number of thiazole rings is 1. The SMILES string of the molecule is COC1CN(c2nc3sc(N4CCC[C@@H]4C(O)COc4ccccc4)nc3c(=O)n2C)C1. The van der Waals surface area contributed by atoms with Crippen LogP contribution in [0.1, 0.15) is 12.8 Å². The first-order chi connectivity index (χ1) is 15.5. The summed E-state index contributed by atoms with van der Waals surface area (Å²) in [7, 11) is 3.42. The summed E-state index contributed by atoms with van der Waals surface area (Å²) >= 11 is 1.41. The molecule has 1 N–H and O–H groups in total. The van der Waals surface area contributed by atoms with Crippen molar-refractivity contribution < 1.29 is 14.6 Å². The number of aromatic nitrogens is 3. The lowest BCUT2D eigenvalue weighted by Gasteiger charge is -2.39. The Labute approximate surface area is 189 Å². The Morgan fingerprint density at radius 2 is 2.03 bits per heavy atom. The lowest BCUT2D eigenvalue weighted by atomic mass is 10.1. The van der Waals surface area contributed by atoms with Crippen molar-refractivity contribution in [2.24, 2.45) is 7.05 Å². The highest BCUT2D eigenvalue weighted by atomic mass is 32.1. The van der Waals surface area contributed by atoms with Crippen LogP contribution >= 0.6 is 11.3 Å². The second-order valence-corrected chi connectivity index (χ2v) is 9.24. The zero-order valence-electron chi connectivity index (χ0n) is 18.2. The largest absolute Gasteiger partial charge is 0.491 e. The molecule has 3 aromatic rings. The van der Waals surface area contributed by atoms with Crippen molar-refractivity contribution in [3.63, 3.8) is 0 Å². The van der Waals surface area contributed by atoms with Crippen LogP contribution in [0.5, 0.6) is 5.75 Å². The summed E-state index contributed by atoms with van der Waals surface area (Å²) < 4.78 is 12.7. The molecule has 5 rings (SSSR count). The number of anilines is 2. The van der Waals surface area contributed by atoms with E-state index in [0.29, 0.717) is 16.3 Å². The van der Waals surface area contributed by atoms with Crippen LogP contribution in [-0.2, 0) is 11.8 Å². The Balaban J connectivity index is 1.36. The summed E-state index contributed by atoms with van der Waals surface area (Å²) in [6.45, 7) is 2.42. The highest BCUT2D eigenvalue weighted by Gasteiger charge is 2.34. The molecule has 2 saturated heterocycles. The minimum Gasteiger partial charge on any atom is -0.491 e. The first kappa shape index (κ1) is 21.2. The van der Waals surface area contributed by atoms with Gasteiger partial charge < -0.3 is 24.4 Å². The van der Waals surface area contributed by atoms with E-state index < -0.39 is 6.10 Å². The highest BCUT2D eigenvalue weighted by molar-refractivity contribution is 7.21. The zero-order valence-corrected chi connectivity index (χ0v) is 19.0. The van der Waals surface area contributed by atoms with Crippen molar-refractivity contribution in [1.29, 1.82) is 0 Å². The molecule has 2 aliphatic heterocycles. The fraction of sp³-hybridized carbons (Fsp3) is 0.500. The smallest absolute Gasteiger partial charge is 0.282 e. The van der Waals surface area contributed by atoms with E-state index in [2.05, 4.69) is 9.88 Å². The third kappa shape index (κ3) is 3.82. The Morgan fingerprint density at radius 1 is 1.25 bits per heavy atom. The van der Waals surface area contributed by atoms with Crippen LogP contribution in [0.25, 0.3) is 10.3 Å². The van der Waals surface area contributed by atoms with Gasteiger partial charge in [0.15, 0.2) is 15.5 Å². The molecule has 2 atom stereocenters. The molecule has 1 unspecified atom stereocenters. The highest BCUT2D eigenvalue weighted by Crippen LogP contribution is 2.34. The average molecular weight is 458 g/mol. The van der Waals surface area contributed by atoms with Crippen LogP contribution in [-0.4, -0.2) is 71.2 Å². The number of fused-ring (bicyclic) bond motifs is 1. The predicted molar refractivity (Wildman–Crippen MR) is 124 cm³/mol. The summed E-state index contributed by atoms with van der Waals surface area (Å²) in [6, 6.07) is 9.37. The van der Waals surface area contributed by atoms with Gasteiger partial charge >= 0.3 is 0 Å². The molecule has 32 heavy (non-hydrogen) atoms. The lowest BCUT2D eigenvalue weighted by Crippen LogP contribution is -2.53. The quantitative estimate of drug-likeness (QED) is 0.572. The summed E-state index contributed by atoms with van der Waals surface area (Å²) in [5.41, 5.74) is 0.220. The molecule has 0 spiro atoms. The topological polar surface area (TPSA) is 93.0 Å². The van der Waals surface area contributed by atoms with Gasteiger partial charge in [-0.15, -0.1) is 0 Å². The fourth-order valence-electron chi connectivity index (χ4n) is 4.33. The van der Waals surface area contributed by atoms with Crippen LogP contribution in [0.4, 0.5) is 11.1 Å². The number of hydrogen-bond donors (Lipinski definition) is 1. The molecule has 0 amide bonds. The predicted octanol–water partition coefficient (Wildman–Crippen LogP) is 1.63. The average Bonchev–Trinajstić information content (AvgIpc) is 3.42. The zero-order chi connectivity index (χ0) is 22.2. The molecule has 4 heterocycles. The number of aliphatic hydroxyl groups is 1. The van der Waals surface area contributed by atoms with Crippen molar-refractivity contribution in [3.8, 4) is 5.75 Å². The van der Waals surface area contributed by atoms with Crippen LogP contribution < -0.4 is 20.1 Å². The standard InChI is InChI=1S/C22H27N5O4S/c1-25-20(29)18-19(24-21(25)26-11-15(12-26)30-2)32-22(23-18)27-10-6-9-16(27)17(28)13-31-14-7-4-3-5-8-14/h3-5,7-8,15-17,28H,6,9-13H2,1-2H3/t16-,17?/m1/s1. The molecule has 2 aliphatic rings. The molecule has 0 radical (unpaired) electrons. The molecule has 0 aliphatic carbocycles. The first-order valence-corrected chi connectivity index (χ1v) is 11.6.